The van der Waals surface area contributed by atoms with Crippen molar-refractivity contribution in [3.63, 3.8) is 0 Å². The van der Waals surface area contributed by atoms with Crippen LogP contribution in [0.15, 0.2) is 24.5 Å². The standard InChI is InChI=1S/C11H9N5OS/c1-6-14-8-3-2-7(4-9(8)18-6)10(17)15-11-12-5-13-16-11/h2-5H,1H3,(H2,12,13,15,16,17). The first-order valence-corrected chi connectivity index (χ1v) is 6.08. The lowest BCUT2D eigenvalue weighted by Gasteiger charge is -2.00. The van der Waals surface area contributed by atoms with Crippen molar-refractivity contribution in [1.29, 1.82) is 0 Å². The molecular weight excluding hydrogens is 250 g/mol. The minimum atomic E-state index is -0.222. The predicted molar refractivity (Wildman–Crippen MR) is 68.7 cm³/mol. The minimum absolute atomic E-state index is 0.222. The number of H-pyrrole nitrogens is 1. The van der Waals surface area contributed by atoms with Gasteiger partial charge in [-0.2, -0.15) is 10.1 Å². The van der Waals surface area contributed by atoms with Crippen LogP contribution in [0.25, 0.3) is 10.2 Å². The molecule has 2 aromatic heterocycles. The maximum Gasteiger partial charge on any atom is 0.258 e. The molecule has 0 saturated heterocycles. The Morgan fingerprint density at radius 1 is 1.44 bits per heavy atom. The van der Waals surface area contributed by atoms with Crippen molar-refractivity contribution in [3.05, 3.63) is 35.1 Å². The summed E-state index contributed by atoms with van der Waals surface area (Å²) in [6.07, 6.45) is 1.34. The Kier molecular flexibility index (Phi) is 2.52. The summed E-state index contributed by atoms with van der Waals surface area (Å²) in [6, 6.07) is 5.41. The van der Waals surface area contributed by atoms with Gasteiger partial charge in [0.2, 0.25) is 5.95 Å². The first kappa shape index (κ1) is 10.8. The van der Waals surface area contributed by atoms with Crippen LogP contribution >= 0.6 is 11.3 Å². The smallest absolute Gasteiger partial charge is 0.258 e. The number of hydrogen-bond donors (Lipinski definition) is 2. The van der Waals surface area contributed by atoms with Crippen LogP contribution in [0.2, 0.25) is 0 Å². The van der Waals surface area contributed by atoms with E-state index in [1.54, 1.807) is 17.4 Å². The van der Waals surface area contributed by atoms with Crippen LogP contribution in [-0.4, -0.2) is 26.1 Å². The zero-order valence-corrected chi connectivity index (χ0v) is 10.3. The average Bonchev–Trinajstić information content (AvgIpc) is 2.95. The highest BCUT2D eigenvalue weighted by atomic mass is 32.1. The predicted octanol–water partition coefficient (Wildman–Crippen LogP) is 1.98. The molecule has 2 N–H and O–H groups in total. The molecular formula is C11H9N5OS. The van der Waals surface area contributed by atoms with Gasteiger partial charge in [0.25, 0.3) is 5.91 Å². The Morgan fingerprint density at radius 3 is 3.11 bits per heavy atom. The van der Waals surface area contributed by atoms with Crippen LogP contribution in [0.5, 0.6) is 0 Å². The van der Waals surface area contributed by atoms with Gasteiger partial charge in [-0.25, -0.2) is 10.1 Å². The van der Waals surface area contributed by atoms with Gasteiger partial charge in [0, 0.05) is 5.56 Å². The molecule has 3 rings (SSSR count). The largest absolute Gasteiger partial charge is 0.291 e. The molecule has 0 atom stereocenters. The summed E-state index contributed by atoms with van der Waals surface area (Å²) in [5.41, 5.74) is 1.48. The van der Waals surface area contributed by atoms with E-state index in [0.29, 0.717) is 11.5 Å². The fourth-order valence-electron chi connectivity index (χ4n) is 1.63. The Hall–Kier alpha value is -2.28. The van der Waals surface area contributed by atoms with Gasteiger partial charge in [0.15, 0.2) is 0 Å². The number of aromatic nitrogens is 4. The maximum atomic E-state index is 11.9. The Balaban J connectivity index is 1.91. The normalized spacial score (nSPS) is 10.7. The van der Waals surface area contributed by atoms with Crippen LogP contribution in [-0.2, 0) is 0 Å². The van der Waals surface area contributed by atoms with Gasteiger partial charge in [-0.15, -0.1) is 11.3 Å². The lowest BCUT2D eigenvalue weighted by molar-refractivity contribution is 0.102. The average molecular weight is 259 g/mol. The molecule has 3 aromatic rings. The van der Waals surface area contributed by atoms with Crippen molar-refractivity contribution in [2.45, 2.75) is 6.92 Å². The number of hydrogen-bond acceptors (Lipinski definition) is 5. The first-order chi connectivity index (χ1) is 8.72. The second-order valence-electron chi connectivity index (χ2n) is 3.70. The van der Waals surface area contributed by atoms with Gasteiger partial charge in [-0.3, -0.25) is 10.1 Å². The topological polar surface area (TPSA) is 83.6 Å². The Bertz CT molecular complexity index is 703. The number of amides is 1. The van der Waals surface area contributed by atoms with Gasteiger partial charge in [-0.05, 0) is 25.1 Å². The molecule has 0 aliphatic heterocycles. The SMILES string of the molecule is Cc1nc2ccc(C(=O)Nc3ncn[nH]3)cc2s1. The number of carbonyl (C=O) groups is 1. The number of fused-ring (bicyclic) bond motifs is 1. The fraction of sp³-hybridized carbons (Fsp3) is 0.0909. The Morgan fingerprint density at radius 2 is 2.33 bits per heavy atom. The molecule has 0 aliphatic rings. The van der Waals surface area contributed by atoms with Crippen molar-refractivity contribution in [2.75, 3.05) is 5.32 Å². The molecule has 0 spiro atoms. The highest BCUT2D eigenvalue weighted by molar-refractivity contribution is 7.18. The van der Waals surface area contributed by atoms with E-state index in [2.05, 4.69) is 25.5 Å². The van der Waals surface area contributed by atoms with Crippen LogP contribution < -0.4 is 5.32 Å². The summed E-state index contributed by atoms with van der Waals surface area (Å²) in [4.78, 5) is 20.1. The second kappa shape index (κ2) is 4.19. The monoisotopic (exact) mass is 259 g/mol. The van der Waals surface area contributed by atoms with Gasteiger partial charge in [0.1, 0.15) is 6.33 Å². The third-order valence-corrected chi connectivity index (χ3v) is 3.34. The lowest BCUT2D eigenvalue weighted by atomic mass is 10.2. The van der Waals surface area contributed by atoms with Gasteiger partial charge >= 0.3 is 0 Å². The molecule has 0 unspecified atom stereocenters. The van der Waals surface area contributed by atoms with Crippen molar-refractivity contribution in [2.24, 2.45) is 0 Å². The van der Waals surface area contributed by atoms with Crippen LogP contribution in [0.1, 0.15) is 15.4 Å². The quantitative estimate of drug-likeness (QED) is 0.737. The zero-order valence-electron chi connectivity index (χ0n) is 9.47. The van der Waals surface area contributed by atoms with E-state index in [1.807, 2.05) is 19.1 Å². The van der Waals surface area contributed by atoms with Gasteiger partial charge in [0.05, 0.1) is 15.2 Å². The van der Waals surface area contributed by atoms with Gasteiger partial charge in [-0.1, -0.05) is 0 Å². The zero-order chi connectivity index (χ0) is 12.5. The molecule has 18 heavy (non-hydrogen) atoms. The number of carbonyl (C=O) groups excluding carboxylic acids is 1. The van der Waals surface area contributed by atoms with Crippen LogP contribution in [0.4, 0.5) is 5.95 Å². The summed E-state index contributed by atoms with van der Waals surface area (Å²) in [5, 5.41) is 9.85. The molecule has 0 saturated carbocycles. The van der Waals surface area contributed by atoms with Crippen molar-refractivity contribution < 1.29 is 4.79 Å². The summed E-state index contributed by atoms with van der Waals surface area (Å²) in [5.74, 6) is 0.111. The third-order valence-electron chi connectivity index (χ3n) is 2.40. The molecule has 7 heteroatoms. The molecule has 0 aliphatic carbocycles. The molecule has 90 valence electrons. The van der Waals surface area contributed by atoms with Crippen molar-refractivity contribution in [1.82, 2.24) is 20.2 Å². The first-order valence-electron chi connectivity index (χ1n) is 5.26. The van der Waals surface area contributed by atoms with E-state index in [9.17, 15) is 4.79 Å². The number of benzene rings is 1. The van der Waals surface area contributed by atoms with Gasteiger partial charge < -0.3 is 0 Å². The van der Waals surface area contributed by atoms with Crippen LogP contribution in [0.3, 0.4) is 0 Å². The number of aromatic amines is 1. The number of anilines is 1. The number of nitrogens with zero attached hydrogens (tertiary/aromatic N) is 3. The highest BCUT2D eigenvalue weighted by Crippen LogP contribution is 2.22. The van der Waals surface area contributed by atoms with E-state index in [0.717, 1.165) is 15.2 Å². The third kappa shape index (κ3) is 1.95. The molecule has 0 bridgehead atoms. The maximum absolute atomic E-state index is 11.9. The van der Waals surface area contributed by atoms with E-state index < -0.39 is 0 Å². The van der Waals surface area contributed by atoms with Crippen LogP contribution in [0, 0.1) is 6.92 Å². The Labute approximate surface area is 106 Å². The highest BCUT2D eigenvalue weighted by Gasteiger charge is 2.09. The molecule has 6 nitrogen and oxygen atoms in total. The number of rotatable bonds is 2. The second-order valence-corrected chi connectivity index (χ2v) is 4.94. The summed E-state index contributed by atoms with van der Waals surface area (Å²) in [7, 11) is 0. The molecule has 0 fully saturated rings. The molecule has 0 radical (unpaired) electrons. The number of aryl methyl sites for hydroxylation is 1. The fourth-order valence-corrected chi connectivity index (χ4v) is 2.49. The molecule has 1 amide bonds. The van der Waals surface area contributed by atoms with E-state index in [4.69, 9.17) is 0 Å². The van der Waals surface area contributed by atoms with E-state index >= 15 is 0 Å². The van der Waals surface area contributed by atoms with E-state index in [-0.39, 0.29) is 5.91 Å². The van der Waals surface area contributed by atoms with Crippen molar-refractivity contribution in [3.8, 4) is 0 Å². The lowest BCUT2D eigenvalue weighted by Crippen LogP contribution is -2.12. The summed E-state index contributed by atoms with van der Waals surface area (Å²) >= 11 is 1.56. The molecule has 2 heterocycles. The minimum Gasteiger partial charge on any atom is -0.291 e. The summed E-state index contributed by atoms with van der Waals surface area (Å²) < 4.78 is 0.998. The number of thiazole rings is 1. The van der Waals surface area contributed by atoms with Crippen molar-refractivity contribution >= 4 is 33.4 Å². The summed E-state index contributed by atoms with van der Waals surface area (Å²) in [6.45, 7) is 1.94. The molecule has 1 aromatic carbocycles. The number of nitrogens with one attached hydrogen (secondary N) is 2. The van der Waals surface area contributed by atoms with E-state index in [1.165, 1.54) is 6.33 Å².